The molecule has 1 aliphatic heterocycles. The first kappa shape index (κ1) is 25.0. The van der Waals surface area contributed by atoms with Gasteiger partial charge in [0.15, 0.2) is 14.9 Å². The summed E-state index contributed by atoms with van der Waals surface area (Å²) >= 11 is 0. The van der Waals surface area contributed by atoms with Gasteiger partial charge >= 0.3 is 0 Å². The number of carbonyl (C=O) groups is 1. The number of likely N-dealkylation sites (N-methyl/N-ethyl adjacent to an activating group) is 1. The van der Waals surface area contributed by atoms with Crippen LogP contribution in [0.4, 0.5) is 17.2 Å². The molecular formula is C27H36N4O4S. The maximum atomic E-state index is 13.5. The molecule has 0 radical (unpaired) electrons. The molecule has 1 amide bonds. The van der Waals surface area contributed by atoms with E-state index in [1.165, 1.54) is 18.9 Å². The van der Waals surface area contributed by atoms with E-state index in [-0.39, 0.29) is 28.6 Å². The number of anilines is 3. The van der Waals surface area contributed by atoms with Crippen molar-refractivity contribution in [2.45, 2.75) is 61.6 Å². The largest absolute Gasteiger partial charge is 0.395 e. The summed E-state index contributed by atoms with van der Waals surface area (Å²) in [5.41, 5.74) is 2.85. The Balaban J connectivity index is 1.40. The van der Waals surface area contributed by atoms with Crippen LogP contribution in [0.3, 0.4) is 0 Å². The predicted molar refractivity (Wildman–Crippen MR) is 142 cm³/mol. The monoisotopic (exact) mass is 512 g/mol. The number of hydrogen-bond acceptors (Lipinski definition) is 7. The lowest BCUT2D eigenvalue weighted by atomic mass is 9.93. The van der Waals surface area contributed by atoms with Crippen molar-refractivity contribution >= 4 is 32.9 Å². The second kappa shape index (κ2) is 10.0. The number of benzene rings is 1. The number of aliphatic hydroxyl groups excluding tert-OH is 1. The van der Waals surface area contributed by atoms with Crippen molar-refractivity contribution in [2.75, 3.05) is 48.4 Å². The first-order valence-corrected chi connectivity index (χ1v) is 14.6. The van der Waals surface area contributed by atoms with Gasteiger partial charge in [-0.15, -0.1) is 0 Å². The van der Waals surface area contributed by atoms with Gasteiger partial charge in [0, 0.05) is 32.4 Å². The Kier molecular flexibility index (Phi) is 6.96. The molecule has 9 heteroatoms. The molecule has 1 saturated heterocycles. The number of carbonyl (C=O) groups excluding carboxylic acids is 1. The Bertz CT molecular complexity index is 1210. The zero-order valence-corrected chi connectivity index (χ0v) is 21.8. The molecule has 194 valence electrons. The van der Waals surface area contributed by atoms with Gasteiger partial charge in [0.05, 0.1) is 23.1 Å². The summed E-state index contributed by atoms with van der Waals surface area (Å²) in [4.78, 5) is 22.0. The quantitative estimate of drug-likeness (QED) is 0.554. The van der Waals surface area contributed by atoms with Gasteiger partial charge in [-0.2, -0.15) is 0 Å². The number of pyridine rings is 1. The summed E-state index contributed by atoms with van der Waals surface area (Å²) in [6.07, 6.45) is 8.05. The molecule has 0 atom stereocenters. The second-order valence-electron chi connectivity index (χ2n) is 10.6. The number of amides is 1. The average Bonchev–Trinajstić information content (AvgIpc) is 3.39. The molecule has 2 saturated carbocycles. The van der Waals surface area contributed by atoms with Crippen molar-refractivity contribution in [1.29, 1.82) is 0 Å². The van der Waals surface area contributed by atoms with Gasteiger partial charge in [-0.1, -0.05) is 18.9 Å². The predicted octanol–water partition coefficient (Wildman–Crippen LogP) is 3.86. The normalized spacial score (nSPS) is 19.4. The zero-order valence-electron chi connectivity index (χ0n) is 20.9. The summed E-state index contributed by atoms with van der Waals surface area (Å²) in [5.74, 6) is -0.0712. The van der Waals surface area contributed by atoms with Crippen molar-refractivity contribution in [3.63, 3.8) is 0 Å². The Hall–Kier alpha value is -2.65. The molecule has 0 unspecified atom stereocenters. The van der Waals surface area contributed by atoms with Crippen LogP contribution in [0.25, 0.3) is 0 Å². The molecule has 3 aliphatic rings. The number of nitrogens with one attached hydrogen (secondary N) is 1. The van der Waals surface area contributed by atoms with Gasteiger partial charge in [-0.3, -0.25) is 4.79 Å². The maximum Gasteiger partial charge on any atom is 0.258 e. The number of aliphatic hydroxyl groups is 1. The molecule has 1 aromatic heterocycles. The summed E-state index contributed by atoms with van der Waals surface area (Å²) in [6.45, 7) is 2.36. The summed E-state index contributed by atoms with van der Waals surface area (Å²) in [7, 11) is -1.59. The van der Waals surface area contributed by atoms with E-state index < -0.39 is 9.84 Å². The number of sulfone groups is 1. The summed E-state index contributed by atoms with van der Waals surface area (Å²) in [6, 6.07) is 10.5. The maximum absolute atomic E-state index is 13.5. The molecule has 8 nitrogen and oxygen atoms in total. The van der Waals surface area contributed by atoms with Crippen LogP contribution >= 0.6 is 0 Å². The molecule has 1 aromatic carbocycles. The first-order chi connectivity index (χ1) is 17.3. The highest BCUT2D eigenvalue weighted by molar-refractivity contribution is 7.92. The minimum Gasteiger partial charge on any atom is -0.395 e. The van der Waals surface area contributed by atoms with Crippen LogP contribution in [0.1, 0.15) is 61.7 Å². The highest BCUT2D eigenvalue weighted by Crippen LogP contribution is 2.54. The van der Waals surface area contributed by atoms with Crippen molar-refractivity contribution in [2.24, 2.45) is 5.41 Å². The van der Waals surface area contributed by atoms with Gasteiger partial charge in [0.2, 0.25) is 0 Å². The van der Waals surface area contributed by atoms with E-state index in [4.69, 9.17) is 0 Å². The minimum atomic E-state index is -3.51. The third-order valence-corrected chi connectivity index (χ3v) is 10.4. The van der Waals surface area contributed by atoms with E-state index in [0.717, 1.165) is 50.1 Å². The van der Waals surface area contributed by atoms with E-state index in [0.29, 0.717) is 30.4 Å². The molecule has 0 bridgehead atoms. The van der Waals surface area contributed by atoms with E-state index in [1.807, 2.05) is 30.1 Å². The van der Waals surface area contributed by atoms with Crippen LogP contribution in [-0.4, -0.2) is 63.0 Å². The molecule has 2 aromatic rings. The number of aromatic nitrogens is 1. The highest BCUT2D eigenvalue weighted by Gasteiger charge is 2.44. The van der Waals surface area contributed by atoms with E-state index in [9.17, 15) is 18.3 Å². The molecule has 1 spiro atoms. The van der Waals surface area contributed by atoms with Gasteiger partial charge in [0.1, 0.15) is 5.82 Å². The number of piperidine rings is 1. The molecule has 36 heavy (non-hydrogen) atoms. The van der Waals surface area contributed by atoms with Crippen LogP contribution in [0.15, 0.2) is 41.4 Å². The third-order valence-electron chi connectivity index (χ3n) is 8.22. The molecular weight excluding hydrogens is 476 g/mol. The van der Waals surface area contributed by atoms with Crippen molar-refractivity contribution in [1.82, 2.24) is 4.98 Å². The Labute approximate surface area is 213 Å². The van der Waals surface area contributed by atoms with Crippen LogP contribution in [-0.2, 0) is 9.84 Å². The van der Waals surface area contributed by atoms with Crippen LogP contribution in [0.2, 0.25) is 0 Å². The van der Waals surface area contributed by atoms with Gasteiger partial charge in [-0.05, 0) is 74.3 Å². The standard InChI is InChI=1S/C27H36N4O4S/c1-30(17-18-32)20-9-10-22(23(19-20)31-15-13-27(11-12-27)14-16-31)26(33)29-24-7-4-8-25(28-24)36(34,35)21-5-2-3-6-21/h4,7-10,19,21,32H,2-3,5-6,11-18H2,1H3,(H,28,29,33). The van der Waals surface area contributed by atoms with Crippen LogP contribution in [0, 0.1) is 5.41 Å². The van der Waals surface area contributed by atoms with E-state index >= 15 is 0 Å². The third kappa shape index (κ3) is 5.09. The van der Waals surface area contributed by atoms with Crippen molar-refractivity contribution < 1.29 is 18.3 Å². The molecule has 2 aliphatic carbocycles. The lowest BCUT2D eigenvalue weighted by Gasteiger charge is -2.35. The van der Waals surface area contributed by atoms with Gasteiger partial charge < -0.3 is 20.2 Å². The fourth-order valence-corrected chi connectivity index (χ4v) is 7.37. The second-order valence-corrected chi connectivity index (χ2v) is 12.8. The van der Waals surface area contributed by atoms with E-state index in [2.05, 4.69) is 15.2 Å². The molecule has 3 fully saturated rings. The van der Waals surface area contributed by atoms with E-state index in [1.54, 1.807) is 12.1 Å². The minimum absolute atomic E-state index is 0.0270. The summed E-state index contributed by atoms with van der Waals surface area (Å²) in [5, 5.41) is 11.9. The molecule has 5 rings (SSSR count). The number of rotatable bonds is 8. The lowest BCUT2D eigenvalue weighted by molar-refractivity contribution is 0.102. The zero-order chi connectivity index (χ0) is 25.3. The Morgan fingerprint density at radius 2 is 1.86 bits per heavy atom. The van der Waals surface area contributed by atoms with Gasteiger partial charge in [0.25, 0.3) is 5.91 Å². The fourth-order valence-electron chi connectivity index (χ4n) is 5.58. The SMILES string of the molecule is CN(CCO)c1ccc(C(=O)Nc2cccc(S(=O)(=O)C3CCCC3)n2)c(N2CCC3(CC2)CC3)c1. The fraction of sp³-hybridized carbons (Fsp3) is 0.556. The van der Waals surface area contributed by atoms with Crippen LogP contribution in [0.5, 0.6) is 0 Å². The molecule has 2 heterocycles. The number of nitrogens with zero attached hydrogens (tertiary/aromatic N) is 3. The lowest BCUT2D eigenvalue weighted by Crippen LogP contribution is -2.36. The van der Waals surface area contributed by atoms with Crippen molar-refractivity contribution in [3.8, 4) is 0 Å². The topological polar surface area (TPSA) is 103 Å². The highest BCUT2D eigenvalue weighted by atomic mass is 32.2. The van der Waals surface area contributed by atoms with Gasteiger partial charge in [-0.25, -0.2) is 13.4 Å². The molecule has 2 N–H and O–H groups in total. The van der Waals surface area contributed by atoms with Crippen molar-refractivity contribution in [3.05, 3.63) is 42.0 Å². The Morgan fingerprint density at radius 3 is 2.53 bits per heavy atom. The number of hydrogen-bond donors (Lipinski definition) is 2. The smallest absolute Gasteiger partial charge is 0.258 e. The first-order valence-electron chi connectivity index (χ1n) is 13.0. The van der Waals surface area contributed by atoms with Crippen LogP contribution < -0.4 is 15.1 Å². The summed E-state index contributed by atoms with van der Waals surface area (Å²) < 4.78 is 26.0. The Morgan fingerprint density at radius 1 is 1.14 bits per heavy atom. The average molecular weight is 513 g/mol.